The largest absolute Gasteiger partial charge is 0.497 e. The number of hydrogen-bond donors (Lipinski definition) is 0. The van der Waals surface area contributed by atoms with Gasteiger partial charge < -0.3 is 9.64 Å². The fourth-order valence-corrected chi connectivity index (χ4v) is 5.56. The van der Waals surface area contributed by atoms with Gasteiger partial charge in [-0.3, -0.25) is 4.79 Å². The molecule has 2 aliphatic heterocycles. The van der Waals surface area contributed by atoms with Gasteiger partial charge in [0, 0.05) is 35.0 Å². The Bertz CT molecular complexity index is 1080. The molecule has 0 radical (unpaired) electrons. The highest BCUT2D eigenvalue weighted by molar-refractivity contribution is 7.10. The summed E-state index contributed by atoms with van der Waals surface area (Å²) >= 11 is 1.66. The summed E-state index contributed by atoms with van der Waals surface area (Å²) in [6, 6.07) is 12.7. The zero-order valence-corrected chi connectivity index (χ0v) is 17.6. The lowest BCUT2D eigenvalue weighted by Gasteiger charge is -2.38. The first kappa shape index (κ1) is 19.2. The van der Waals surface area contributed by atoms with Gasteiger partial charge in [0.1, 0.15) is 11.6 Å². The highest BCUT2D eigenvalue weighted by Gasteiger charge is 2.36. The summed E-state index contributed by atoms with van der Waals surface area (Å²) < 4.78 is 18.9. The van der Waals surface area contributed by atoms with Crippen molar-refractivity contribution >= 4 is 17.2 Å². The number of aryl methyl sites for hydroxylation is 1. The first-order chi connectivity index (χ1) is 14.6. The second-order valence-electron chi connectivity index (χ2n) is 8.03. The van der Waals surface area contributed by atoms with E-state index in [1.165, 1.54) is 12.1 Å². The van der Waals surface area contributed by atoms with Gasteiger partial charge in [0.2, 0.25) is 0 Å². The van der Waals surface area contributed by atoms with Gasteiger partial charge in [0.05, 0.1) is 17.8 Å². The molecule has 0 bridgehead atoms. The molecule has 0 saturated carbocycles. The molecule has 2 unspecified atom stereocenters. The van der Waals surface area contributed by atoms with E-state index in [0.717, 1.165) is 53.3 Å². The van der Waals surface area contributed by atoms with Gasteiger partial charge in [-0.15, -0.1) is 11.3 Å². The Labute approximate surface area is 179 Å². The average Bonchev–Trinajstić information content (AvgIpc) is 3.23. The maximum Gasteiger partial charge on any atom is 0.254 e. The zero-order chi connectivity index (χ0) is 20.7. The Morgan fingerprint density at radius 3 is 2.77 bits per heavy atom. The summed E-state index contributed by atoms with van der Waals surface area (Å²) in [7, 11) is 1.66. The van der Waals surface area contributed by atoms with Gasteiger partial charge in [0.15, 0.2) is 0 Å². The molecule has 154 valence electrons. The third-order valence-electron chi connectivity index (χ3n) is 6.27. The number of benzene rings is 2. The molecular weight excluding hydrogens is 399 g/mol. The van der Waals surface area contributed by atoms with Crippen LogP contribution in [0.1, 0.15) is 46.1 Å². The Hall–Kier alpha value is -2.73. The van der Waals surface area contributed by atoms with Crippen molar-refractivity contribution in [3.63, 3.8) is 0 Å². The molecule has 1 fully saturated rings. The fourth-order valence-electron chi connectivity index (χ4n) is 4.60. The molecule has 2 aromatic carbocycles. The van der Waals surface area contributed by atoms with E-state index in [4.69, 9.17) is 9.72 Å². The molecule has 0 aliphatic carbocycles. The lowest BCUT2D eigenvalue weighted by Crippen LogP contribution is -2.45. The molecule has 30 heavy (non-hydrogen) atoms. The molecule has 2 atom stereocenters. The number of carbonyl (C=O) groups excluding carboxylic acids is 1. The van der Waals surface area contributed by atoms with Crippen molar-refractivity contribution in [2.24, 2.45) is 0 Å². The summed E-state index contributed by atoms with van der Waals surface area (Å²) in [5.41, 5.74) is 3.51. The van der Waals surface area contributed by atoms with Crippen molar-refractivity contribution in [2.75, 3.05) is 13.7 Å². The molecule has 4 nitrogen and oxygen atoms in total. The molecule has 3 heterocycles. The molecule has 1 saturated heterocycles. The van der Waals surface area contributed by atoms with E-state index in [-0.39, 0.29) is 23.7 Å². The third kappa shape index (κ3) is 3.49. The lowest BCUT2D eigenvalue weighted by molar-refractivity contribution is 0.0588. The minimum absolute atomic E-state index is 0.0316. The number of methoxy groups -OCH3 is 1. The smallest absolute Gasteiger partial charge is 0.254 e. The first-order valence-electron chi connectivity index (χ1n) is 10.3. The van der Waals surface area contributed by atoms with Crippen molar-refractivity contribution in [1.29, 1.82) is 0 Å². The molecule has 6 heteroatoms. The molecule has 1 aromatic heterocycles. The predicted octanol–water partition coefficient (Wildman–Crippen LogP) is 5.29. The minimum Gasteiger partial charge on any atom is -0.497 e. The molecule has 5 rings (SSSR count). The molecule has 0 spiro atoms. The summed E-state index contributed by atoms with van der Waals surface area (Å²) in [5, 5.41) is 3.17. The number of fused-ring (bicyclic) bond motifs is 2. The molecular formula is C24H23FN2O2S. The SMILES string of the molecule is COc1ccc(-c2csc(C3CCC4CCc5cc(F)ccc5C(=O)N4C3)n2)cc1. The van der Waals surface area contributed by atoms with Crippen LogP contribution in [0.4, 0.5) is 4.39 Å². The van der Waals surface area contributed by atoms with Crippen molar-refractivity contribution in [3.05, 3.63) is 69.8 Å². The predicted molar refractivity (Wildman–Crippen MR) is 116 cm³/mol. The number of nitrogens with zero attached hydrogens (tertiary/aromatic N) is 2. The number of ether oxygens (including phenoxy) is 1. The number of aromatic nitrogens is 1. The summed E-state index contributed by atoms with van der Waals surface area (Å²) in [4.78, 5) is 20.1. The van der Waals surface area contributed by atoms with Gasteiger partial charge in [-0.25, -0.2) is 9.37 Å². The normalized spacial score (nSPS) is 21.0. The van der Waals surface area contributed by atoms with E-state index < -0.39 is 0 Å². The van der Waals surface area contributed by atoms with Crippen LogP contribution in [0.3, 0.4) is 0 Å². The minimum atomic E-state index is -0.270. The second kappa shape index (κ2) is 7.84. The first-order valence-corrected chi connectivity index (χ1v) is 11.2. The summed E-state index contributed by atoms with van der Waals surface area (Å²) in [5.74, 6) is 0.828. The van der Waals surface area contributed by atoms with Crippen LogP contribution in [0, 0.1) is 5.82 Å². The Kier molecular flexibility index (Phi) is 5.03. The highest BCUT2D eigenvalue weighted by Crippen LogP contribution is 2.37. The third-order valence-corrected chi connectivity index (χ3v) is 7.28. The van der Waals surface area contributed by atoms with Crippen LogP contribution in [0.2, 0.25) is 0 Å². The van der Waals surface area contributed by atoms with Crippen molar-refractivity contribution in [3.8, 4) is 17.0 Å². The molecule has 3 aromatic rings. The summed E-state index contributed by atoms with van der Waals surface area (Å²) in [6.45, 7) is 0.676. The second-order valence-corrected chi connectivity index (χ2v) is 8.91. The Balaban J connectivity index is 1.37. The monoisotopic (exact) mass is 422 g/mol. The standard InChI is InChI=1S/C24H23FN2O2S/c1-29-20-9-4-15(5-10-20)22-14-30-23(26-22)17-3-8-19-7-2-16-12-18(25)6-11-21(16)24(28)27(19)13-17/h4-6,9-12,14,17,19H,2-3,7-8,13H2,1H3. The Morgan fingerprint density at radius 2 is 1.97 bits per heavy atom. The summed E-state index contributed by atoms with van der Waals surface area (Å²) in [6.07, 6.45) is 3.63. The van der Waals surface area contributed by atoms with Crippen LogP contribution in [0.15, 0.2) is 47.8 Å². The number of carbonyl (C=O) groups is 1. The van der Waals surface area contributed by atoms with Crippen LogP contribution in [-0.2, 0) is 6.42 Å². The van der Waals surface area contributed by atoms with Gasteiger partial charge in [-0.05, 0) is 73.7 Å². The molecule has 2 aliphatic rings. The maximum absolute atomic E-state index is 13.7. The topological polar surface area (TPSA) is 42.4 Å². The molecule has 0 N–H and O–H groups in total. The van der Waals surface area contributed by atoms with Crippen LogP contribution >= 0.6 is 11.3 Å². The van der Waals surface area contributed by atoms with Crippen molar-refractivity contribution in [2.45, 2.75) is 37.6 Å². The number of hydrogen-bond acceptors (Lipinski definition) is 4. The number of halogens is 1. The van der Waals surface area contributed by atoms with Crippen LogP contribution in [0.5, 0.6) is 5.75 Å². The van der Waals surface area contributed by atoms with Crippen LogP contribution in [0.25, 0.3) is 11.3 Å². The lowest BCUT2D eigenvalue weighted by atomic mass is 9.91. The van der Waals surface area contributed by atoms with Crippen molar-refractivity contribution in [1.82, 2.24) is 9.88 Å². The highest BCUT2D eigenvalue weighted by atomic mass is 32.1. The van der Waals surface area contributed by atoms with E-state index in [0.29, 0.717) is 12.1 Å². The van der Waals surface area contributed by atoms with Crippen molar-refractivity contribution < 1.29 is 13.9 Å². The number of piperidine rings is 1. The van der Waals surface area contributed by atoms with Gasteiger partial charge >= 0.3 is 0 Å². The number of amides is 1. The quantitative estimate of drug-likeness (QED) is 0.576. The van der Waals surface area contributed by atoms with Crippen LogP contribution < -0.4 is 4.74 Å². The maximum atomic E-state index is 13.7. The van der Waals surface area contributed by atoms with E-state index >= 15 is 0 Å². The van der Waals surface area contributed by atoms with E-state index in [9.17, 15) is 9.18 Å². The number of rotatable bonds is 3. The van der Waals surface area contributed by atoms with E-state index in [2.05, 4.69) is 5.38 Å². The molecule has 1 amide bonds. The van der Waals surface area contributed by atoms with E-state index in [1.807, 2.05) is 29.2 Å². The Morgan fingerprint density at radius 1 is 1.13 bits per heavy atom. The van der Waals surface area contributed by atoms with Gasteiger partial charge in [-0.2, -0.15) is 0 Å². The zero-order valence-electron chi connectivity index (χ0n) is 16.8. The van der Waals surface area contributed by atoms with Gasteiger partial charge in [-0.1, -0.05) is 0 Å². The average molecular weight is 423 g/mol. The van der Waals surface area contributed by atoms with E-state index in [1.54, 1.807) is 24.5 Å². The number of thiazole rings is 1. The van der Waals surface area contributed by atoms with Crippen LogP contribution in [-0.4, -0.2) is 35.5 Å². The fraction of sp³-hybridized carbons (Fsp3) is 0.333. The van der Waals surface area contributed by atoms with Gasteiger partial charge in [0.25, 0.3) is 5.91 Å².